The van der Waals surface area contributed by atoms with E-state index in [0.717, 1.165) is 12.8 Å². The van der Waals surface area contributed by atoms with E-state index >= 15 is 0 Å². The third-order valence-corrected chi connectivity index (χ3v) is 5.42. The van der Waals surface area contributed by atoms with Crippen molar-refractivity contribution < 1.29 is 27.4 Å². The van der Waals surface area contributed by atoms with Gasteiger partial charge in [0.1, 0.15) is 23.9 Å². The highest BCUT2D eigenvalue weighted by atomic mass is 19.4. The number of hydrogen-bond donors (Lipinski definition) is 2. The van der Waals surface area contributed by atoms with Gasteiger partial charge in [-0.1, -0.05) is 6.07 Å². The number of aromatic nitrogens is 3. The molecule has 36 heavy (non-hydrogen) atoms. The summed E-state index contributed by atoms with van der Waals surface area (Å²) in [7, 11) is 1.57. The molecule has 0 spiro atoms. The van der Waals surface area contributed by atoms with Crippen LogP contribution in [-0.4, -0.2) is 59.9 Å². The first-order valence-electron chi connectivity index (χ1n) is 11.3. The molecule has 4 rings (SSSR count). The Morgan fingerprint density at radius 2 is 1.81 bits per heavy atom. The van der Waals surface area contributed by atoms with Gasteiger partial charge in [0, 0.05) is 44.2 Å². The topological polar surface area (TPSA) is 102 Å². The van der Waals surface area contributed by atoms with Crippen LogP contribution in [0.2, 0.25) is 0 Å². The molecule has 3 aromatic rings. The molecule has 2 N–H and O–H groups in total. The van der Waals surface area contributed by atoms with E-state index in [2.05, 4.69) is 25.6 Å². The zero-order valence-electron chi connectivity index (χ0n) is 19.5. The van der Waals surface area contributed by atoms with Crippen LogP contribution in [-0.2, 0) is 0 Å². The molecule has 0 atom stereocenters. The summed E-state index contributed by atoms with van der Waals surface area (Å²) in [5.74, 6) is 1.40. The van der Waals surface area contributed by atoms with Crippen molar-refractivity contribution in [3.8, 4) is 11.5 Å². The molecule has 0 saturated carbocycles. The molecule has 0 radical (unpaired) electrons. The minimum atomic E-state index is -4.38. The largest absolute Gasteiger partial charge is 0.490 e. The number of carbonyl (C=O) groups excluding carboxylic acids is 1. The number of alkyl halides is 3. The Morgan fingerprint density at radius 3 is 2.50 bits per heavy atom. The van der Waals surface area contributed by atoms with E-state index < -0.39 is 12.8 Å². The van der Waals surface area contributed by atoms with Crippen molar-refractivity contribution in [1.82, 2.24) is 20.3 Å². The smallest absolute Gasteiger partial charge is 0.422 e. The normalized spacial score (nSPS) is 14.3. The lowest BCUT2D eigenvalue weighted by Crippen LogP contribution is -2.39. The summed E-state index contributed by atoms with van der Waals surface area (Å²) in [6.07, 6.45) is -1.56. The minimum Gasteiger partial charge on any atom is -0.490 e. The maximum absolute atomic E-state index is 12.3. The number of halogens is 3. The zero-order valence-corrected chi connectivity index (χ0v) is 19.5. The van der Waals surface area contributed by atoms with Crippen molar-refractivity contribution in [2.45, 2.75) is 25.1 Å². The van der Waals surface area contributed by atoms with Crippen molar-refractivity contribution in [2.75, 3.05) is 37.0 Å². The van der Waals surface area contributed by atoms with E-state index in [0.29, 0.717) is 42.0 Å². The van der Waals surface area contributed by atoms with E-state index in [-0.39, 0.29) is 17.8 Å². The molecule has 1 aromatic heterocycles. The van der Waals surface area contributed by atoms with Crippen LogP contribution >= 0.6 is 0 Å². The minimum absolute atomic E-state index is 0.0462. The van der Waals surface area contributed by atoms with Gasteiger partial charge < -0.3 is 25.0 Å². The molecule has 0 unspecified atom stereocenters. The highest BCUT2D eigenvalue weighted by molar-refractivity contribution is 5.95. The summed E-state index contributed by atoms with van der Waals surface area (Å²) < 4.78 is 47.5. The van der Waals surface area contributed by atoms with Crippen molar-refractivity contribution in [3.63, 3.8) is 0 Å². The molecule has 1 saturated heterocycles. The third-order valence-electron chi connectivity index (χ3n) is 5.42. The molecule has 1 aliphatic heterocycles. The third kappa shape index (κ3) is 6.96. The fourth-order valence-electron chi connectivity index (χ4n) is 3.66. The van der Waals surface area contributed by atoms with Crippen molar-refractivity contribution >= 4 is 23.5 Å². The molecular formula is C24H25F3N6O3. The maximum Gasteiger partial charge on any atom is 0.422 e. The number of hydrogen-bond acceptors (Lipinski definition) is 8. The standard InChI is InChI=1S/C24H25F3N6O3/c1-28-21(34)16-3-2-4-17(13-16)31-22-29-15-30-23(32-22)33-11-9-20(10-12-33)36-19-7-5-18(6-8-19)35-14-24(25,26)27/h2-8,13,15,20H,9-12,14H2,1H3,(H,28,34)(H,29,30,31,32). The number of anilines is 3. The Kier molecular flexibility index (Phi) is 7.71. The molecular weight excluding hydrogens is 477 g/mol. The second-order valence-corrected chi connectivity index (χ2v) is 8.07. The zero-order chi connectivity index (χ0) is 25.5. The average molecular weight is 502 g/mol. The molecule has 1 amide bonds. The van der Waals surface area contributed by atoms with Crippen LogP contribution in [0.4, 0.5) is 30.8 Å². The van der Waals surface area contributed by atoms with Crippen LogP contribution in [0.5, 0.6) is 11.5 Å². The highest BCUT2D eigenvalue weighted by Gasteiger charge is 2.28. The van der Waals surface area contributed by atoms with Crippen LogP contribution in [0.15, 0.2) is 54.9 Å². The number of piperidine rings is 1. The van der Waals surface area contributed by atoms with Crippen LogP contribution in [0, 0.1) is 0 Å². The predicted octanol–water partition coefficient (Wildman–Crippen LogP) is 3.96. The van der Waals surface area contributed by atoms with Gasteiger partial charge in [0.2, 0.25) is 11.9 Å². The summed E-state index contributed by atoms with van der Waals surface area (Å²) >= 11 is 0. The Labute approximate surface area is 205 Å². The molecule has 0 bridgehead atoms. The number of carbonyl (C=O) groups is 1. The second-order valence-electron chi connectivity index (χ2n) is 8.07. The number of nitrogens with one attached hydrogen (secondary N) is 2. The van der Waals surface area contributed by atoms with E-state index in [1.54, 1.807) is 37.4 Å². The van der Waals surface area contributed by atoms with Crippen molar-refractivity contribution in [3.05, 3.63) is 60.4 Å². The summed E-state index contributed by atoms with van der Waals surface area (Å²) in [6, 6.07) is 13.1. The molecule has 9 nitrogen and oxygen atoms in total. The average Bonchev–Trinajstić information content (AvgIpc) is 2.88. The summed E-state index contributed by atoms with van der Waals surface area (Å²) in [4.78, 5) is 26.8. The first kappa shape index (κ1) is 25.0. The van der Waals surface area contributed by atoms with Crippen LogP contribution in [0.3, 0.4) is 0 Å². The van der Waals surface area contributed by atoms with Gasteiger partial charge in [0.25, 0.3) is 5.91 Å². The fourth-order valence-corrected chi connectivity index (χ4v) is 3.66. The number of benzene rings is 2. The van der Waals surface area contributed by atoms with Gasteiger partial charge in [-0.3, -0.25) is 4.79 Å². The summed E-state index contributed by atoms with van der Waals surface area (Å²) in [5, 5.41) is 5.69. The van der Waals surface area contributed by atoms with E-state index in [1.807, 2.05) is 11.0 Å². The van der Waals surface area contributed by atoms with Crippen LogP contribution in [0.25, 0.3) is 0 Å². The van der Waals surface area contributed by atoms with E-state index in [1.165, 1.54) is 18.5 Å². The highest BCUT2D eigenvalue weighted by Crippen LogP contribution is 2.25. The monoisotopic (exact) mass is 502 g/mol. The summed E-state index contributed by atoms with van der Waals surface area (Å²) in [5.41, 5.74) is 1.19. The fraction of sp³-hybridized carbons (Fsp3) is 0.333. The SMILES string of the molecule is CNC(=O)c1cccc(Nc2ncnc(N3CCC(Oc4ccc(OCC(F)(F)F)cc4)CC3)n2)c1. The maximum atomic E-state index is 12.3. The van der Waals surface area contributed by atoms with E-state index in [4.69, 9.17) is 9.47 Å². The van der Waals surface area contributed by atoms with Crippen LogP contribution in [0.1, 0.15) is 23.2 Å². The van der Waals surface area contributed by atoms with Gasteiger partial charge in [-0.15, -0.1) is 0 Å². The Hall–Kier alpha value is -4.09. The number of ether oxygens (including phenoxy) is 2. The quantitative estimate of drug-likeness (QED) is 0.477. The number of amides is 1. The lowest BCUT2D eigenvalue weighted by atomic mass is 10.1. The van der Waals surface area contributed by atoms with Gasteiger partial charge in [0.05, 0.1) is 0 Å². The van der Waals surface area contributed by atoms with E-state index in [9.17, 15) is 18.0 Å². The van der Waals surface area contributed by atoms with Gasteiger partial charge in [-0.25, -0.2) is 9.97 Å². The molecule has 0 aliphatic carbocycles. The summed E-state index contributed by atoms with van der Waals surface area (Å²) in [6.45, 7) is -0.0114. The Balaban J connectivity index is 1.30. The molecule has 1 fully saturated rings. The van der Waals surface area contributed by atoms with Crippen molar-refractivity contribution in [2.24, 2.45) is 0 Å². The molecule has 1 aliphatic rings. The van der Waals surface area contributed by atoms with Crippen LogP contribution < -0.4 is 25.0 Å². The molecule has 12 heteroatoms. The Bertz CT molecular complexity index is 1170. The first-order valence-corrected chi connectivity index (χ1v) is 11.3. The second kappa shape index (κ2) is 11.1. The number of nitrogens with zero attached hydrogens (tertiary/aromatic N) is 4. The first-order chi connectivity index (χ1) is 17.3. The molecule has 2 heterocycles. The van der Waals surface area contributed by atoms with Crippen molar-refractivity contribution in [1.29, 1.82) is 0 Å². The van der Waals surface area contributed by atoms with Gasteiger partial charge in [-0.2, -0.15) is 18.2 Å². The van der Waals surface area contributed by atoms with Gasteiger partial charge in [0.15, 0.2) is 6.61 Å². The Morgan fingerprint density at radius 1 is 1.08 bits per heavy atom. The lowest BCUT2D eigenvalue weighted by molar-refractivity contribution is -0.153. The lowest BCUT2D eigenvalue weighted by Gasteiger charge is -2.32. The van der Waals surface area contributed by atoms with Gasteiger partial charge in [-0.05, 0) is 42.5 Å². The predicted molar refractivity (Wildman–Crippen MR) is 127 cm³/mol. The molecule has 190 valence electrons. The number of rotatable bonds is 8. The van der Waals surface area contributed by atoms with Gasteiger partial charge >= 0.3 is 6.18 Å². The molecule has 2 aromatic carbocycles.